The number of aliphatic carboxylic acids is 1. The Morgan fingerprint density at radius 2 is 2.21 bits per heavy atom. The molecule has 0 saturated carbocycles. The number of nitrogens with two attached hydrogens (primary N) is 1. The minimum Gasteiger partial charge on any atom is -0.480 e. The molecule has 0 bridgehead atoms. The number of halogens is 1. The predicted octanol–water partition coefficient (Wildman–Crippen LogP) is 0.333. The first kappa shape index (κ1) is 13.3. The van der Waals surface area contributed by atoms with Gasteiger partial charge in [0.05, 0.1) is 18.8 Å². The average Bonchev–Trinajstić information content (AvgIpc) is 2.38. The molecule has 6 nitrogen and oxygen atoms in total. The summed E-state index contributed by atoms with van der Waals surface area (Å²) < 4.78 is 18.7. The van der Waals surface area contributed by atoms with Crippen molar-refractivity contribution in [1.82, 2.24) is 4.90 Å². The molecule has 0 radical (unpaired) electrons. The van der Waals surface area contributed by atoms with Crippen molar-refractivity contribution >= 4 is 17.6 Å². The Morgan fingerprint density at radius 3 is 2.84 bits per heavy atom. The summed E-state index contributed by atoms with van der Waals surface area (Å²) in [7, 11) is 0. The van der Waals surface area contributed by atoms with Crippen molar-refractivity contribution in [2.75, 3.05) is 25.5 Å². The van der Waals surface area contributed by atoms with Crippen molar-refractivity contribution in [3.63, 3.8) is 0 Å². The van der Waals surface area contributed by atoms with E-state index in [1.54, 1.807) is 0 Å². The number of hydrogen-bond acceptors (Lipinski definition) is 4. The summed E-state index contributed by atoms with van der Waals surface area (Å²) in [5, 5.41) is 9.03. The van der Waals surface area contributed by atoms with Crippen LogP contribution in [0.15, 0.2) is 18.2 Å². The maximum absolute atomic E-state index is 13.7. The second kappa shape index (κ2) is 5.23. The molecular weight excluding hydrogens is 255 g/mol. The van der Waals surface area contributed by atoms with Crippen molar-refractivity contribution in [1.29, 1.82) is 0 Å². The number of anilines is 1. The number of carbonyl (C=O) groups excluding carboxylic acids is 1. The fourth-order valence-corrected chi connectivity index (χ4v) is 1.91. The molecule has 102 valence electrons. The van der Waals surface area contributed by atoms with Crippen LogP contribution in [0, 0.1) is 5.82 Å². The summed E-state index contributed by atoms with van der Waals surface area (Å²) >= 11 is 0. The van der Waals surface area contributed by atoms with Gasteiger partial charge in [0.2, 0.25) is 0 Å². The van der Waals surface area contributed by atoms with Crippen LogP contribution in [0.4, 0.5) is 10.1 Å². The molecule has 1 aromatic carbocycles. The highest BCUT2D eigenvalue weighted by Crippen LogP contribution is 2.17. The maximum atomic E-state index is 13.7. The first-order chi connectivity index (χ1) is 9.00. The Hall–Kier alpha value is -2.15. The first-order valence-electron chi connectivity index (χ1n) is 5.67. The van der Waals surface area contributed by atoms with Gasteiger partial charge >= 0.3 is 5.97 Å². The number of rotatable bonds is 2. The van der Waals surface area contributed by atoms with E-state index in [4.69, 9.17) is 15.6 Å². The maximum Gasteiger partial charge on any atom is 0.328 e. The van der Waals surface area contributed by atoms with Gasteiger partial charge in [0.1, 0.15) is 5.82 Å². The lowest BCUT2D eigenvalue weighted by molar-refractivity contribution is -0.147. The Bertz CT molecular complexity index is 520. The molecule has 1 heterocycles. The van der Waals surface area contributed by atoms with Crippen molar-refractivity contribution < 1.29 is 23.8 Å². The Balaban J connectivity index is 2.28. The zero-order valence-electron chi connectivity index (χ0n) is 10.0. The lowest BCUT2D eigenvalue weighted by Gasteiger charge is -2.32. The van der Waals surface area contributed by atoms with Gasteiger partial charge in [-0.15, -0.1) is 0 Å². The molecule has 7 heteroatoms. The summed E-state index contributed by atoms with van der Waals surface area (Å²) in [6.07, 6.45) is 0. The fraction of sp³-hybridized carbons (Fsp3) is 0.333. The molecule has 2 rings (SSSR count). The van der Waals surface area contributed by atoms with Crippen LogP contribution in [0.3, 0.4) is 0 Å². The van der Waals surface area contributed by atoms with Crippen LogP contribution in [0.5, 0.6) is 0 Å². The zero-order chi connectivity index (χ0) is 14.0. The Kier molecular flexibility index (Phi) is 3.66. The average molecular weight is 268 g/mol. The largest absolute Gasteiger partial charge is 0.480 e. The van der Waals surface area contributed by atoms with Crippen LogP contribution in [-0.4, -0.2) is 47.7 Å². The number of morpholine rings is 1. The van der Waals surface area contributed by atoms with E-state index in [1.807, 2.05) is 0 Å². The molecule has 0 spiro atoms. The fourth-order valence-electron chi connectivity index (χ4n) is 1.91. The predicted molar refractivity (Wildman–Crippen MR) is 64.1 cm³/mol. The number of nitrogen functional groups attached to an aromatic ring is 1. The van der Waals surface area contributed by atoms with Crippen molar-refractivity contribution in [3.05, 3.63) is 29.6 Å². The second-order valence-electron chi connectivity index (χ2n) is 4.17. The monoisotopic (exact) mass is 268 g/mol. The van der Waals surface area contributed by atoms with Gasteiger partial charge in [0, 0.05) is 12.2 Å². The van der Waals surface area contributed by atoms with Gasteiger partial charge in [-0.2, -0.15) is 0 Å². The number of carboxylic acid groups (broad SMARTS) is 1. The molecule has 1 fully saturated rings. The van der Waals surface area contributed by atoms with E-state index in [1.165, 1.54) is 12.1 Å². The van der Waals surface area contributed by atoms with Gasteiger partial charge in [-0.3, -0.25) is 4.79 Å². The molecule has 1 atom stereocenters. The lowest BCUT2D eigenvalue weighted by Crippen LogP contribution is -2.52. The number of carbonyl (C=O) groups is 2. The van der Waals surface area contributed by atoms with Crippen LogP contribution < -0.4 is 5.73 Å². The molecule has 1 amide bonds. The number of nitrogens with zero attached hydrogens (tertiary/aromatic N) is 1. The second-order valence-corrected chi connectivity index (χ2v) is 4.17. The van der Waals surface area contributed by atoms with Gasteiger partial charge in [0.15, 0.2) is 6.04 Å². The number of carboxylic acids is 1. The van der Waals surface area contributed by atoms with Gasteiger partial charge in [-0.1, -0.05) is 0 Å². The summed E-state index contributed by atoms with van der Waals surface area (Å²) in [5.74, 6) is -2.61. The third kappa shape index (κ3) is 2.65. The van der Waals surface area contributed by atoms with Crippen molar-refractivity contribution in [3.8, 4) is 0 Å². The molecule has 1 unspecified atom stereocenters. The van der Waals surface area contributed by atoms with Gasteiger partial charge in [-0.05, 0) is 18.2 Å². The summed E-state index contributed by atoms with van der Waals surface area (Å²) in [6.45, 7) is 0.239. The van der Waals surface area contributed by atoms with Gasteiger partial charge in [0.25, 0.3) is 5.91 Å². The topological polar surface area (TPSA) is 92.9 Å². The summed E-state index contributed by atoms with van der Waals surface area (Å²) in [6, 6.07) is 2.58. The van der Waals surface area contributed by atoms with E-state index in [2.05, 4.69) is 0 Å². The molecule has 1 aromatic rings. The minimum atomic E-state index is -1.18. The first-order valence-corrected chi connectivity index (χ1v) is 5.67. The van der Waals surface area contributed by atoms with Gasteiger partial charge in [-0.25, -0.2) is 9.18 Å². The van der Waals surface area contributed by atoms with Crippen molar-refractivity contribution in [2.24, 2.45) is 0 Å². The van der Waals surface area contributed by atoms with Crippen LogP contribution in [0.2, 0.25) is 0 Å². The normalized spacial score (nSPS) is 19.2. The third-order valence-electron chi connectivity index (χ3n) is 2.90. The molecule has 0 aromatic heterocycles. The highest BCUT2D eigenvalue weighted by molar-refractivity contribution is 5.97. The molecule has 1 aliphatic heterocycles. The van der Waals surface area contributed by atoms with E-state index < -0.39 is 23.7 Å². The highest BCUT2D eigenvalue weighted by Gasteiger charge is 2.34. The third-order valence-corrected chi connectivity index (χ3v) is 2.90. The minimum absolute atomic E-state index is 0.0995. The van der Waals surface area contributed by atoms with E-state index in [-0.39, 0.29) is 31.0 Å². The van der Waals surface area contributed by atoms with Crippen LogP contribution >= 0.6 is 0 Å². The van der Waals surface area contributed by atoms with Gasteiger partial charge < -0.3 is 20.5 Å². The molecule has 3 N–H and O–H groups in total. The highest BCUT2D eigenvalue weighted by atomic mass is 19.1. The standard InChI is InChI=1S/C12H13FN2O4/c13-9-5-7(14)1-2-8(9)11(16)15-3-4-19-6-10(15)12(17)18/h1-2,5,10H,3-4,6,14H2,(H,17,18). The van der Waals surface area contributed by atoms with E-state index in [0.717, 1.165) is 11.0 Å². The molecule has 1 saturated heterocycles. The van der Waals surface area contributed by atoms with E-state index in [9.17, 15) is 14.0 Å². The van der Waals surface area contributed by atoms with E-state index in [0.29, 0.717) is 0 Å². The van der Waals surface area contributed by atoms with Crippen LogP contribution in [-0.2, 0) is 9.53 Å². The summed E-state index contributed by atoms with van der Waals surface area (Å²) in [5.41, 5.74) is 5.41. The smallest absolute Gasteiger partial charge is 0.328 e. The van der Waals surface area contributed by atoms with Crippen molar-refractivity contribution in [2.45, 2.75) is 6.04 Å². The molecule has 1 aliphatic rings. The Morgan fingerprint density at radius 1 is 1.47 bits per heavy atom. The summed E-state index contributed by atoms with van der Waals surface area (Å²) in [4.78, 5) is 24.3. The number of ether oxygens (including phenoxy) is 1. The quantitative estimate of drug-likeness (QED) is 0.754. The number of hydrogen-bond donors (Lipinski definition) is 2. The van der Waals surface area contributed by atoms with E-state index >= 15 is 0 Å². The van der Waals surface area contributed by atoms with Crippen LogP contribution in [0.1, 0.15) is 10.4 Å². The zero-order valence-corrected chi connectivity index (χ0v) is 10.0. The Labute approximate surface area is 108 Å². The number of amides is 1. The SMILES string of the molecule is Nc1ccc(C(=O)N2CCOCC2C(=O)O)c(F)c1. The molecule has 0 aliphatic carbocycles. The molecular formula is C12H13FN2O4. The lowest BCUT2D eigenvalue weighted by atomic mass is 10.1. The molecule has 19 heavy (non-hydrogen) atoms. The van der Waals surface area contributed by atoms with Crippen LogP contribution in [0.25, 0.3) is 0 Å². The number of benzene rings is 1.